The smallest absolute Gasteiger partial charge is 0.186 e. The lowest BCUT2D eigenvalue weighted by Gasteiger charge is -2.08. The van der Waals surface area contributed by atoms with Crippen LogP contribution in [0, 0.1) is 0 Å². The van der Waals surface area contributed by atoms with Crippen LogP contribution in [0.4, 0.5) is 0 Å². The molecule has 0 atom stereocenters. The van der Waals surface area contributed by atoms with E-state index >= 15 is 0 Å². The molecule has 4 nitrogen and oxygen atoms in total. The minimum absolute atomic E-state index is 0.236. The number of thiocarbonyl (C=S) groups is 1. The highest BCUT2D eigenvalue weighted by Crippen LogP contribution is 2.09. The Kier molecular flexibility index (Phi) is 4.05. The molecule has 0 spiro atoms. The Morgan fingerprint density at radius 1 is 1.47 bits per heavy atom. The van der Waals surface area contributed by atoms with Crippen molar-refractivity contribution in [3.05, 3.63) is 29.8 Å². The quantitative estimate of drug-likeness (QED) is 0.475. The van der Waals surface area contributed by atoms with Gasteiger partial charge in [-0.2, -0.15) is 5.10 Å². The van der Waals surface area contributed by atoms with Crippen LogP contribution >= 0.6 is 12.2 Å². The second-order valence-corrected chi connectivity index (χ2v) is 3.30. The fourth-order valence-electron chi connectivity index (χ4n) is 0.900. The zero-order valence-electron chi connectivity index (χ0n) is 8.68. The van der Waals surface area contributed by atoms with Crippen LogP contribution in [-0.4, -0.2) is 30.5 Å². The molecule has 5 heteroatoms. The van der Waals surface area contributed by atoms with E-state index in [2.05, 4.69) is 5.10 Å². The number of hydrogen-bond acceptors (Lipinski definition) is 3. The summed E-state index contributed by atoms with van der Waals surface area (Å²) in [5.74, 6) is 0.815. The maximum atomic E-state index is 5.37. The predicted octanol–water partition coefficient (Wildman–Crippen LogP) is 1.20. The van der Waals surface area contributed by atoms with Crippen LogP contribution < -0.4 is 10.5 Å². The maximum absolute atomic E-state index is 5.37. The van der Waals surface area contributed by atoms with E-state index in [9.17, 15) is 0 Å². The molecule has 1 aromatic rings. The summed E-state index contributed by atoms with van der Waals surface area (Å²) in [4.78, 5) is 0. The molecule has 0 unspecified atom stereocenters. The first-order valence-corrected chi connectivity index (χ1v) is 4.75. The van der Waals surface area contributed by atoms with Gasteiger partial charge in [0.05, 0.1) is 13.3 Å². The van der Waals surface area contributed by atoms with Gasteiger partial charge in [-0.25, -0.2) is 5.01 Å². The minimum atomic E-state index is 0.236. The molecule has 0 aromatic heterocycles. The van der Waals surface area contributed by atoms with E-state index in [0.29, 0.717) is 0 Å². The van der Waals surface area contributed by atoms with Crippen LogP contribution in [0.25, 0.3) is 0 Å². The second kappa shape index (κ2) is 5.31. The zero-order chi connectivity index (χ0) is 11.3. The fraction of sp³-hybridized carbons (Fsp3) is 0.200. The van der Waals surface area contributed by atoms with Crippen LogP contribution in [0.2, 0.25) is 0 Å². The zero-order valence-corrected chi connectivity index (χ0v) is 9.49. The molecule has 0 aliphatic carbocycles. The molecule has 1 aromatic carbocycles. The largest absolute Gasteiger partial charge is 0.497 e. The molecule has 0 radical (unpaired) electrons. The van der Waals surface area contributed by atoms with Gasteiger partial charge in [0, 0.05) is 7.05 Å². The Hall–Kier alpha value is -1.62. The number of ether oxygens (including phenoxy) is 1. The van der Waals surface area contributed by atoms with E-state index in [-0.39, 0.29) is 5.11 Å². The fourth-order valence-corrected chi connectivity index (χ4v) is 0.947. The average molecular weight is 223 g/mol. The van der Waals surface area contributed by atoms with Crippen molar-refractivity contribution in [2.24, 2.45) is 10.8 Å². The Balaban J connectivity index is 2.68. The van der Waals surface area contributed by atoms with Crippen molar-refractivity contribution in [3.8, 4) is 5.75 Å². The normalized spacial score (nSPS) is 10.3. The first-order chi connectivity index (χ1) is 7.13. The summed E-state index contributed by atoms with van der Waals surface area (Å²) >= 11 is 4.74. The Morgan fingerprint density at radius 3 is 2.53 bits per heavy atom. The molecule has 2 N–H and O–H groups in total. The molecule has 0 saturated carbocycles. The third-order valence-corrected chi connectivity index (χ3v) is 2.08. The van der Waals surface area contributed by atoms with Gasteiger partial charge < -0.3 is 10.5 Å². The van der Waals surface area contributed by atoms with Crippen LogP contribution in [0.5, 0.6) is 5.75 Å². The summed E-state index contributed by atoms with van der Waals surface area (Å²) in [5, 5.41) is 5.72. The number of nitrogens with two attached hydrogens (primary N) is 1. The lowest BCUT2D eigenvalue weighted by Crippen LogP contribution is -2.27. The monoisotopic (exact) mass is 223 g/mol. The van der Waals surface area contributed by atoms with E-state index in [1.54, 1.807) is 20.4 Å². The standard InChI is InChI=1S/C10H13N3OS/c1-13(10(11)15)12-7-8-3-5-9(14-2)6-4-8/h3-7H,1-2H3,(H2,11,15)/b12-7+. The van der Waals surface area contributed by atoms with Gasteiger partial charge in [-0.05, 0) is 42.0 Å². The van der Waals surface area contributed by atoms with Crippen LogP contribution in [-0.2, 0) is 0 Å². The first-order valence-electron chi connectivity index (χ1n) is 4.34. The highest BCUT2D eigenvalue weighted by Gasteiger charge is 1.94. The molecule has 0 bridgehead atoms. The predicted molar refractivity (Wildman–Crippen MR) is 65.1 cm³/mol. The van der Waals surface area contributed by atoms with Gasteiger partial charge in [0.25, 0.3) is 0 Å². The summed E-state index contributed by atoms with van der Waals surface area (Å²) in [5.41, 5.74) is 6.33. The summed E-state index contributed by atoms with van der Waals surface area (Å²) in [6.07, 6.45) is 1.68. The van der Waals surface area contributed by atoms with Crippen LogP contribution in [0.15, 0.2) is 29.4 Å². The summed E-state index contributed by atoms with van der Waals surface area (Å²) in [6, 6.07) is 7.52. The number of benzene rings is 1. The summed E-state index contributed by atoms with van der Waals surface area (Å²) < 4.78 is 5.04. The van der Waals surface area contributed by atoms with E-state index in [4.69, 9.17) is 22.7 Å². The summed E-state index contributed by atoms with van der Waals surface area (Å²) in [6.45, 7) is 0. The molecule has 0 aliphatic heterocycles. The third kappa shape index (κ3) is 3.55. The Morgan fingerprint density at radius 2 is 2.07 bits per heavy atom. The number of nitrogens with zero attached hydrogens (tertiary/aromatic N) is 2. The summed E-state index contributed by atoms with van der Waals surface area (Å²) in [7, 11) is 3.33. The maximum Gasteiger partial charge on any atom is 0.186 e. The van der Waals surface area contributed by atoms with Crippen molar-refractivity contribution in [2.75, 3.05) is 14.2 Å². The minimum Gasteiger partial charge on any atom is -0.497 e. The van der Waals surface area contributed by atoms with Crippen molar-refractivity contribution in [3.63, 3.8) is 0 Å². The molecule has 0 fully saturated rings. The molecule has 0 aliphatic rings. The molecular formula is C10H13N3OS. The van der Waals surface area contributed by atoms with Gasteiger partial charge in [-0.1, -0.05) is 0 Å². The van der Waals surface area contributed by atoms with Gasteiger partial charge >= 0.3 is 0 Å². The van der Waals surface area contributed by atoms with Crippen molar-refractivity contribution in [1.82, 2.24) is 5.01 Å². The number of rotatable bonds is 3. The topological polar surface area (TPSA) is 50.8 Å². The van der Waals surface area contributed by atoms with Crippen LogP contribution in [0.3, 0.4) is 0 Å². The SMILES string of the molecule is COc1ccc(/C=N/N(C)C(N)=S)cc1. The van der Waals surface area contributed by atoms with E-state index < -0.39 is 0 Å². The van der Waals surface area contributed by atoms with Gasteiger partial charge in [-0.15, -0.1) is 0 Å². The molecule has 0 amide bonds. The molecule has 15 heavy (non-hydrogen) atoms. The highest BCUT2D eigenvalue weighted by molar-refractivity contribution is 7.80. The average Bonchev–Trinajstić information content (AvgIpc) is 2.26. The van der Waals surface area contributed by atoms with Gasteiger partial charge in [-0.3, -0.25) is 0 Å². The second-order valence-electron chi connectivity index (χ2n) is 2.88. The lowest BCUT2D eigenvalue weighted by atomic mass is 10.2. The Labute approximate surface area is 94.3 Å². The molecular weight excluding hydrogens is 210 g/mol. The third-order valence-electron chi connectivity index (χ3n) is 1.81. The van der Waals surface area contributed by atoms with Crippen molar-refractivity contribution < 1.29 is 4.74 Å². The van der Waals surface area contributed by atoms with Gasteiger partial charge in [0.2, 0.25) is 0 Å². The van der Waals surface area contributed by atoms with Gasteiger partial charge in [0.1, 0.15) is 5.75 Å². The van der Waals surface area contributed by atoms with E-state index in [1.165, 1.54) is 5.01 Å². The van der Waals surface area contributed by atoms with Crippen molar-refractivity contribution >= 4 is 23.5 Å². The van der Waals surface area contributed by atoms with Gasteiger partial charge in [0.15, 0.2) is 5.11 Å². The molecule has 80 valence electrons. The van der Waals surface area contributed by atoms with Crippen molar-refractivity contribution in [1.29, 1.82) is 0 Å². The van der Waals surface area contributed by atoms with E-state index in [0.717, 1.165) is 11.3 Å². The first kappa shape index (κ1) is 11.5. The van der Waals surface area contributed by atoms with Crippen LogP contribution in [0.1, 0.15) is 5.56 Å². The van der Waals surface area contributed by atoms with E-state index in [1.807, 2.05) is 24.3 Å². The molecule has 0 saturated heterocycles. The van der Waals surface area contributed by atoms with Crippen molar-refractivity contribution in [2.45, 2.75) is 0 Å². The number of hydrazone groups is 1. The Bertz CT molecular complexity index is 361. The molecule has 1 rings (SSSR count). The number of methoxy groups -OCH3 is 1. The number of hydrogen-bond donors (Lipinski definition) is 1. The highest BCUT2D eigenvalue weighted by atomic mass is 32.1. The lowest BCUT2D eigenvalue weighted by molar-refractivity contribution is 0.415. The molecule has 0 heterocycles.